The third kappa shape index (κ3) is 2.19. The second-order valence-electron chi connectivity index (χ2n) is 8.39. The van der Waals surface area contributed by atoms with Crippen molar-refractivity contribution >= 4 is 17.5 Å². The number of methoxy groups -OCH3 is 1. The summed E-state index contributed by atoms with van der Waals surface area (Å²) >= 11 is 0. The smallest absolute Gasteiger partial charge is 0.314 e. The zero-order chi connectivity index (χ0) is 18.9. The summed E-state index contributed by atoms with van der Waals surface area (Å²) in [4.78, 5) is 31.8. The molecule has 26 heavy (non-hydrogen) atoms. The Balaban J connectivity index is 1.66. The molecule has 2 aromatic heterocycles. The Morgan fingerprint density at radius 3 is 2.65 bits per heavy atom. The fourth-order valence-electron chi connectivity index (χ4n) is 5.04. The Morgan fingerprint density at radius 2 is 2.00 bits per heavy atom. The first-order valence-electron chi connectivity index (χ1n) is 8.90. The number of aromatic nitrogens is 3. The SMILES string of the molecule is COC(=O)[C@@]12CN(C(=O)c3cc(C)n4nc(C)cc4n3)C[C@@H]1C(C)(C)C2. The number of aryl methyl sites for hydroxylation is 2. The molecule has 2 atom stereocenters. The van der Waals surface area contributed by atoms with E-state index in [1.54, 1.807) is 15.5 Å². The number of hydrogen-bond donors (Lipinski definition) is 0. The predicted octanol–water partition coefficient (Wildman–Crippen LogP) is 2.01. The number of carbonyl (C=O) groups is 2. The number of likely N-dealkylation sites (tertiary alicyclic amines) is 1. The van der Waals surface area contributed by atoms with E-state index in [1.807, 2.05) is 19.9 Å². The van der Waals surface area contributed by atoms with Crippen molar-refractivity contribution in [2.45, 2.75) is 34.1 Å². The van der Waals surface area contributed by atoms with E-state index in [9.17, 15) is 9.59 Å². The van der Waals surface area contributed by atoms with Crippen LogP contribution in [0.25, 0.3) is 5.65 Å². The van der Waals surface area contributed by atoms with Crippen LogP contribution in [0.4, 0.5) is 0 Å². The van der Waals surface area contributed by atoms with E-state index in [2.05, 4.69) is 23.9 Å². The molecule has 0 aromatic carbocycles. The highest BCUT2D eigenvalue weighted by molar-refractivity contribution is 5.94. The van der Waals surface area contributed by atoms with Gasteiger partial charge in [0.05, 0.1) is 18.2 Å². The molecule has 1 aliphatic heterocycles. The van der Waals surface area contributed by atoms with E-state index in [-0.39, 0.29) is 23.2 Å². The number of fused-ring (bicyclic) bond motifs is 2. The summed E-state index contributed by atoms with van der Waals surface area (Å²) in [6, 6.07) is 3.62. The maximum atomic E-state index is 13.1. The Bertz CT molecular complexity index is 932. The number of carbonyl (C=O) groups excluding carboxylic acids is 2. The van der Waals surface area contributed by atoms with Crippen LogP contribution in [0.3, 0.4) is 0 Å². The van der Waals surface area contributed by atoms with Gasteiger partial charge in [-0.3, -0.25) is 9.59 Å². The quantitative estimate of drug-likeness (QED) is 0.769. The Hall–Kier alpha value is -2.44. The average molecular weight is 356 g/mol. The minimum Gasteiger partial charge on any atom is -0.469 e. The Kier molecular flexibility index (Phi) is 3.45. The number of amides is 1. The van der Waals surface area contributed by atoms with Crippen molar-refractivity contribution in [2.75, 3.05) is 20.2 Å². The standard InChI is InChI=1S/C19H24N4O3/c1-11-6-15-20-13(7-12(2)23(15)21-11)16(24)22-8-14-18(3,4)9-19(14,10-22)17(25)26-5/h6-7,14H,8-10H2,1-5H3/t14-,19+/m1/s1. The van der Waals surface area contributed by atoms with E-state index in [0.717, 1.165) is 17.8 Å². The van der Waals surface area contributed by atoms with Gasteiger partial charge in [0.2, 0.25) is 0 Å². The van der Waals surface area contributed by atoms with E-state index in [0.29, 0.717) is 24.4 Å². The van der Waals surface area contributed by atoms with Gasteiger partial charge in [0.15, 0.2) is 5.65 Å². The summed E-state index contributed by atoms with van der Waals surface area (Å²) < 4.78 is 6.80. The van der Waals surface area contributed by atoms with E-state index in [4.69, 9.17) is 4.74 Å². The summed E-state index contributed by atoms with van der Waals surface area (Å²) in [7, 11) is 1.42. The lowest BCUT2D eigenvalue weighted by molar-refractivity contribution is -0.174. The van der Waals surface area contributed by atoms with Crippen molar-refractivity contribution in [3.05, 3.63) is 29.2 Å². The highest BCUT2D eigenvalue weighted by Crippen LogP contribution is 2.63. The maximum absolute atomic E-state index is 13.1. The molecule has 7 heteroatoms. The lowest BCUT2D eigenvalue weighted by atomic mass is 9.48. The minimum atomic E-state index is -0.569. The number of nitrogens with zero attached hydrogens (tertiary/aromatic N) is 4. The maximum Gasteiger partial charge on any atom is 0.314 e. The molecule has 0 spiro atoms. The fraction of sp³-hybridized carbons (Fsp3) is 0.579. The van der Waals surface area contributed by atoms with Crippen LogP contribution in [0.15, 0.2) is 12.1 Å². The highest BCUT2D eigenvalue weighted by atomic mass is 16.5. The van der Waals surface area contributed by atoms with Crippen LogP contribution in [0.1, 0.15) is 42.1 Å². The molecule has 7 nitrogen and oxygen atoms in total. The van der Waals surface area contributed by atoms with Gasteiger partial charge in [-0.05, 0) is 37.7 Å². The first kappa shape index (κ1) is 17.0. The molecule has 2 aliphatic rings. The van der Waals surface area contributed by atoms with Gasteiger partial charge in [0, 0.05) is 24.8 Å². The van der Waals surface area contributed by atoms with Gasteiger partial charge < -0.3 is 9.64 Å². The molecule has 3 heterocycles. The second-order valence-corrected chi connectivity index (χ2v) is 8.39. The summed E-state index contributed by atoms with van der Waals surface area (Å²) in [6.07, 6.45) is 0.744. The van der Waals surface area contributed by atoms with Gasteiger partial charge in [-0.2, -0.15) is 5.10 Å². The second kappa shape index (κ2) is 5.28. The van der Waals surface area contributed by atoms with Crippen LogP contribution in [-0.4, -0.2) is 51.6 Å². The Labute approximate surface area is 152 Å². The highest BCUT2D eigenvalue weighted by Gasteiger charge is 2.68. The fourth-order valence-corrected chi connectivity index (χ4v) is 5.04. The molecule has 0 bridgehead atoms. The molecule has 1 saturated heterocycles. The molecular weight excluding hydrogens is 332 g/mol. The van der Waals surface area contributed by atoms with Crippen LogP contribution in [-0.2, 0) is 9.53 Å². The van der Waals surface area contributed by atoms with Gasteiger partial charge in [-0.1, -0.05) is 13.8 Å². The van der Waals surface area contributed by atoms with Crippen LogP contribution in [0.5, 0.6) is 0 Å². The van der Waals surface area contributed by atoms with Crippen LogP contribution >= 0.6 is 0 Å². The number of ether oxygens (including phenoxy) is 1. The molecule has 0 N–H and O–H groups in total. The largest absolute Gasteiger partial charge is 0.469 e. The molecule has 0 unspecified atom stereocenters. The van der Waals surface area contributed by atoms with Gasteiger partial charge in [0.25, 0.3) is 5.91 Å². The molecular formula is C19H24N4O3. The van der Waals surface area contributed by atoms with Crippen molar-refractivity contribution in [1.29, 1.82) is 0 Å². The zero-order valence-corrected chi connectivity index (χ0v) is 15.9. The first-order chi connectivity index (χ1) is 12.2. The van der Waals surface area contributed by atoms with Crippen LogP contribution < -0.4 is 0 Å². The monoisotopic (exact) mass is 356 g/mol. The average Bonchev–Trinajstić information content (AvgIpc) is 3.12. The molecule has 0 radical (unpaired) electrons. The third-order valence-electron chi connectivity index (χ3n) is 6.08. The molecule has 1 amide bonds. The van der Waals surface area contributed by atoms with Crippen molar-refractivity contribution in [3.8, 4) is 0 Å². The molecule has 2 aromatic rings. The molecule has 1 saturated carbocycles. The minimum absolute atomic E-state index is 0.0269. The molecule has 2 fully saturated rings. The van der Waals surface area contributed by atoms with Crippen molar-refractivity contribution in [2.24, 2.45) is 16.7 Å². The molecule has 138 valence electrons. The van der Waals surface area contributed by atoms with Gasteiger partial charge in [-0.15, -0.1) is 0 Å². The lowest BCUT2D eigenvalue weighted by Crippen LogP contribution is -2.57. The van der Waals surface area contributed by atoms with E-state index >= 15 is 0 Å². The van der Waals surface area contributed by atoms with Gasteiger partial charge >= 0.3 is 5.97 Å². The topological polar surface area (TPSA) is 76.8 Å². The molecule has 4 rings (SSSR count). The van der Waals surface area contributed by atoms with E-state index in [1.165, 1.54) is 7.11 Å². The number of hydrogen-bond acceptors (Lipinski definition) is 5. The van der Waals surface area contributed by atoms with Crippen molar-refractivity contribution in [3.63, 3.8) is 0 Å². The van der Waals surface area contributed by atoms with E-state index < -0.39 is 5.41 Å². The van der Waals surface area contributed by atoms with Gasteiger partial charge in [0.1, 0.15) is 5.69 Å². The number of esters is 1. The van der Waals surface area contributed by atoms with Crippen molar-refractivity contribution in [1.82, 2.24) is 19.5 Å². The van der Waals surface area contributed by atoms with Crippen LogP contribution in [0, 0.1) is 30.6 Å². The summed E-state index contributed by atoms with van der Waals surface area (Å²) in [5.74, 6) is -0.223. The van der Waals surface area contributed by atoms with Crippen molar-refractivity contribution < 1.29 is 14.3 Å². The molecule has 1 aliphatic carbocycles. The van der Waals surface area contributed by atoms with Gasteiger partial charge in [-0.25, -0.2) is 9.50 Å². The lowest BCUT2D eigenvalue weighted by Gasteiger charge is -2.54. The number of rotatable bonds is 2. The summed E-state index contributed by atoms with van der Waals surface area (Å²) in [5.41, 5.74) is 2.23. The predicted molar refractivity (Wildman–Crippen MR) is 94.7 cm³/mol. The zero-order valence-electron chi connectivity index (χ0n) is 15.9. The normalized spacial score (nSPS) is 26.5. The first-order valence-corrected chi connectivity index (χ1v) is 8.90. The summed E-state index contributed by atoms with van der Waals surface area (Å²) in [6.45, 7) is 9.06. The van der Waals surface area contributed by atoms with Crippen LogP contribution in [0.2, 0.25) is 0 Å². The Morgan fingerprint density at radius 1 is 1.27 bits per heavy atom. The summed E-state index contributed by atoms with van der Waals surface area (Å²) in [5, 5.41) is 4.38. The third-order valence-corrected chi connectivity index (χ3v) is 6.08.